The normalized spacial score (nSPS) is 11.2. The molecule has 22 heavy (non-hydrogen) atoms. The maximum absolute atomic E-state index is 5.54. The second-order valence-electron chi connectivity index (χ2n) is 4.98. The maximum atomic E-state index is 5.54. The highest BCUT2D eigenvalue weighted by molar-refractivity contribution is 8.00. The van der Waals surface area contributed by atoms with Crippen molar-refractivity contribution < 1.29 is 4.52 Å². The smallest absolute Gasteiger partial charge is 0.237 e. The van der Waals surface area contributed by atoms with Gasteiger partial charge in [-0.1, -0.05) is 66.4 Å². The highest BCUT2D eigenvalue weighted by Gasteiger charge is 2.11. The van der Waals surface area contributed by atoms with Crippen LogP contribution < -0.4 is 5.73 Å². The number of hydrogen-bond acceptors (Lipinski definition) is 8. The van der Waals surface area contributed by atoms with E-state index in [9.17, 15) is 0 Å². The van der Waals surface area contributed by atoms with Gasteiger partial charge in [-0.05, 0) is 11.5 Å². The molecule has 1 aromatic carbocycles. The maximum Gasteiger partial charge on any atom is 0.237 e. The second kappa shape index (κ2) is 6.45. The van der Waals surface area contributed by atoms with Crippen molar-refractivity contribution >= 4 is 28.2 Å². The molecule has 8 heteroatoms. The standard InChI is InChI=1S/C14H15N5OS2/c1-8(2)9-3-5-10(6-4-9)12-16-11(20-19-12)7-21-14-18-17-13(15)22-14/h3-6,8H,7H2,1-2H3,(H2,15,17). The third kappa shape index (κ3) is 3.45. The summed E-state index contributed by atoms with van der Waals surface area (Å²) in [5, 5.41) is 12.2. The molecule has 0 saturated heterocycles. The van der Waals surface area contributed by atoms with Crippen molar-refractivity contribution in [3.05, 3.63) is 35.7 Å². The molecule has 0 atom stereocenters. The van der Waals surface area contributed by atoms with E-state index in [0.717, 1.165) is 9.90 Å². The van der Waals surface area contributed by atoms with Crippen molar-refractivity contribution in [3.8, 4) is 11.4 Å². The molecule has 0 aliphatic rings. The highest BCUT2D eigenvalue weighted by atomic mass is 32.2. The highest BCUT2D eigenvalue weighted by Crippen LogP contribution is 2.27. The van der Waals surface area contributed by atoms with Gasteiger partial charge in [-0.15, -0.1) is 10.2 Å². The first kappa shape index (κ1) is 15.0. The lowest BCUT2D eigenvalue weighted by Crippen LogP contribution is -1.88. The van der Waals surface area contributed by atoms with Crippen molar-refractivity contribution in [1.29, 1.82) is 0 Å². The van der Waals surface area contributed by atoms with Gasteiger partial charge >= 0.3 is 0 Å². The first-order chi connectivity index (χ1) is 10.6. The molecule has 3 aromatic rings. The average Bonchev–Trinajstić information content (AvgIpc) is 3.14. The Bertz CT molecular complexity index is 751. The molecule has 114 valence electrons. The monoisotopic (exact) mass is 333 g/mol. The van der Waals surface area contributed by atoms with Crippen LogP contribution in [0, 0.1) is 0 Å². The minimum atomic E-state index is 0.457. The SMILES string of the molecule is CC(C)c1ccc(-c2noc(CSc3nnc(N)s3)n2)cc1. The number of nitrogen functional groups attached to an aromatic ring is 1. The van der Waals surface area contributed by atoms with E-state index < -0.39 is 0 Å². The third-order valence-electron chi connectivity index (χ3n) is 3.04. The van der Waals surface area contributed by atoms with Gasteiger partial charge < -0.3 is 10.3 Å². The van der Waals surface area contributed by atoms with Crippen molar-refractivity contribution in [2.75, 3.05) is 5.73 Å². The Labute approximate surface area is 136 Å². The van der Waals surface area contributed by atoms with Crippen LogP contribution in [0.25, 0.3) is 11.4 Å². The lowest BCUT2D eigenvalue weighted by molar-refractivity contribution is 0.391. The van der Waals surface area contributed by atoms with Crippen LogP contribution in [0.3, 0.4) is 0 Å². The van der Waals surface area contributed by atoms with E-state index in [1.807, 2.05) is 12.1 Å². The fourth-order valence-electron chi connectivity index (χ4n) is 1.85. The van der Waals surface area contributed by atoms with Crippen LogP contribution in [-0.4, -0.2) is 20.3 Å². The van der Waals surface area contributed by atoms with Crippen molar-refractivity contribution in [2.45, 2.75) is 29.9 Å². The van der Waals surface area contributed by atoms with Gasteiger partial charge in [-0.25, -0.2) is 0 Å². The van der Waals surface area contributed by atoms with E-state index in [4.69, 9.17) is 10.3 Å². The molecule has 2 heterocycles. The van der Waals surface area contributed by atoms with E-state index in [2.05, 4.69) is 46.3 Å². The molecule has 0 saturated carbocycles. The summed E-state index contributed by atoms with van der Waals surface area (Å²) < 4.78 is 6.06. The summed E-state index contributed by atoms with van der Waals surface area (Å²) in [6.07, 6.45) is 0. The van der Waals surface area contributed by atoms with Gasteiger partial charge in [0.05, 0.1) is 5.75 Å². The van der Waals surface area contributed by atoms with Crippen LogP contribution in [0.2, 0.25) is 0 Å². The Morgan fingerprint density at radius 1 is 1.23 bits per heavy atom. The first-order valence-corrected chi connectivity index (χ1v) is 8.56. The lowest BCUT2D eigenvalue weighted by Gasteiger charge is -2.04. The largest absolute Gasteiger partial charge is 0.374 e. The van der Waals surface area contributed by atoms with Crippen molar-refractivity contribution in [2.24, 2.45) is 0 Å². The number of thioether (sulfide) groups is 1. The molecule has 0 unspecified atom stereocenters. The average molecular weight is 333 g/mol. The molecule has 0 aliphatic carbocycles. The Kier molecular flexibility index (Phi) is 4.39. The van der Waals surface area contributed by atoms with E-state index in [0.29, 0.717) is 28.5 Å². The van der Waals surface area contributed by atoms with Gasteiger partial charge in [0.2, 0.25) is 16.8 Å². The van der Waals surface area contributed by atoms with Crippen LogP contribution in [0.1, 0.15) is 31.2 Å². The molecule has 6 nitrogen and oxygen atoms in total. The molecule has 0 bridgehead atoms. The van der Waals surface area contributed by atoms with Crippen molar-refractivity contribution in [3.63, 3.8) is 0 Å². The van der Waals surface area contributed by atoms with Crippen LogP contribution in [-0.2, 0) is 5.75 Å². The number of benzene rings is 1. The predicted molar refractivity (Wildman–Crippen MR) is 87.7 cm³/mol. The predicted octanol–water partition coefficient (Wildman–Crippen LogP) is 3.59. The first-order valence-electron chi connectivity index (χ1n) is 6.76. The Morgan fingerprint density at radius 3 is 2.64 bits per heavy atom. The fourth-order valence-corrected chi connectivity index (χ4v) is 3.32. The zero-order valence-corrected chi connectivity index (χ0v) is 13.8. The number of nitrogens with two attached hydrogens (primary N) is 1. The number of anilines is 1. The molecule has 0 spiro atoms. The van der Waals surface area contributed by atoms with Gasteiger partial charge in [-0.3, -0.25) is 0 Å². The molecule has 2 aromatic heterocycles. The fraction of sp³-hybridized carbons (Fsp3) is 0.286. The van der Waals surface area contributed by atoms with Gasteiger partial charge in [0.25, 0.3) is 0 Å². The molecule has 2 N–H and O–H groups in total. The molecule has 0 aliphatic heterocycles. The zero-order chi connectivity index (χ0) is 15.5. The number of aromatic nitrogens is 4. The second-order valence-corrected chi connectivity index (χ2v) is 7.21. The molecule has 3 rings (SSSR count). The molecular weight excluding hydrogens is 318 g/mol. The van der Waals surface area contributed by atoms with E-state index >= 15 is 0 Å². The van der Waals surface area contributed by atoms with Crippen LogP contribution >= 0.6 is 23.1 Å². The molecular formula is C14H15N5OS2. The quantitative estimate of drug-likeness (QED) is 0.713. The zero-order valence-electron chi connectivity index (χ0n) is 12.2. The summed E-state index contributed by atoms with van der Waals surface area (Å²) in [5.41, 5.74) is 7.78. The summed E-state index contributed by atoms with van der Waals surface area (Å²) in [5.74, 6) is 2.21. The molecule has 0 fully saturated rings. The summed E-state index contributed by atoms with van der Waals surface area (Å²) in [4.78, 5) is 4.40. The van der Waals surface area contributed by atoms with E-state index in [1.165, 1.54) is 28.7 Å². The summed E-state index contributed by atoms with van der Waals surface area (Å²) in [7, 11) is 0. The summed E-state index contributed by atoms with van der Waals surface area (Å²) >= 11 is 2.82. The van der Waals surface area contributed by atoms with E-state index in [1.54, 1.807) is 0 Å². The topological polar surface area (TPSA) is 90.7 Å². The van der Waals surface area contributed by atoms with Gasteiger partial charge in [0.1, 0.15) is 0 Å². The van der Waals surface area contributed by atoms with Crippen LogP contribution in [0.5, 0.6) is 0 Å². The molecule has 0 amide bonds. The number of rotatable bonds is 5. The lowest BCUT2D eigenvalue weighted by atomic mass is 10.0. The van der Waals surface area contributed by atoms with Gasteiger partial charge in [0.15, 0.2) is 4.34 Å². The minimum Gasteiger partial charge on any atom is -0.374 e. The van der Waals surface area contributed by atoms with Gasteiger partial charge in [-0.2, -0.15) is 4.98 Å². The summed E-state index contributed by atoms with van der Waals surface area (Å²) in [6.45, 7) is 4.33. The minimum absolute atomic E-state index is 0.457. The number of nitrogens with zero attached hydrogens (tertiary/aromatic N) is 4. The van der Waals surface area contributed by atoms with E-state index in [-0.39, 0.29) is 0 Å². The Hall–Kier alpha value is -1.93. The van der Waals surface area contributed by atoms with Crippen molar-refractivity contribution in [1.82, 2.24) is 20.3 Å². The molecule has 0 radical (unpaired) electrons. The van der Waals surface area contributed by atoms with Crippen LogP contribution in [0.15, 0.2) is 33.1 Å². The van der Waals surface area contributed by atoms with Gasteiger partial charge in [0, 0.05) is 5.56 Å². The van der Waals surface area contributed by atoms with Crippen LogP contribution in [0.4, 0.5) is 5.13 Å². The number of hydrogen-bond donors (Lipinski definition) is 1. The summed E-state index contributed by atoms with van der Waals surface area (Å²) in [6, 6.07) is 8.22. The Balaban J connectivity index is 1.67. The Morgan fingerprint density at radius 2 is 2.00 bits per heavy atom. The third-order valence-corrected chi connectivity index (χ3v) is 4.92.